The van der Waals surface area contributed by atoms with Gasteiger partial charge in [-0.05, 0) is 43.2 Å². The molecule has 0 aromatic heterocycles. The number of nitriles is 1. The molecule has 166 valence electrons. The van der Waals surface area contributed by atoms with Gasteiger partial charge in [0.1, 0.15) is 17.5 Å². The molecule has 0 radical (unpaired) electrons. The van der Waals surface area contributed by atoms with Gasteiger partial charge in [-0.2, -0.15) is 5.26 Å². The van der Waals surface area contributed by atoms with Crippen LogP contribution in [0.1, 0.15) is 31.0 Å². The van der Waals surface area contributed by atoms with Gasteiger partial charge in [0.05, 0.1) is 12.1 Å². The molecule has 3 aromatic carbocycles. The molecule has 2 saturated heterocycles. The fourth-order valence-electron chi connectivity index (χ4n) is 4.94. The summed E-state index contributed by atoms with van der Waals surface area (Å²) in [5, 5.41) is 9.73. The molecule has 6 heteroatoms. The lowest BCUT2D eigenvalue weighted by molar-refractivity contribution is -0.145. The van der Waals surface area contributed by atoms with Gasteiger partial charge >= 0.3 is 0 Å². The highest BCUT2D eigenvalue weighted by molar-refractivity contribution is 9.10. The maximum Gasteiger partial charge on any atom is 0.250 e. The number of halogens is 1. The second-order valence-electron chi connectivity index (χ2n) is 8.91. The van der Waals surface area contributed by atoms with E-state index in [-0.39, 0.29) is 28.1 Å². The van der Waals surface area contributed by atoms with Gasteiger partial charge in [0.2, 0.25) is 5.91 Å². The Labute approximate surface area is 207 Å². The minimum Gasteiger partial charge on any atom is -0.346 e. The zero-order valence-electron chi connectivity index (χ0n) is 18.4. The first-order chi connectivity index (χ1) is 15.9. The third-order valence-electron chi connectivity index (χ3n) is 6.48. The summed E-state index contributed by atoms with van der Waals surface area (Å²) in [6.07, 6.45) is 0. The van der Waals surface area contributed by atoms with E-state index in [4.69, 9.17) is 0 Å². The maximum absolute atomic E-state index is 13.7. The molecule has 2 aliphatic heterocycles. The first kappa shape index (κ1) is 22.1. The number of fused-ring (bicyclic) bond motifs is 1. The second-order valence-corrected chi connectivity index (χ2v) is 11.5. The van der Waals surface area contributed by atoms with E-state index in [9.17, 15) is 10.1 Å². The van der Waals surface area contributed by atoms with E-state index >= 15 is 0 Å². The zero-order valence-corrected chi connectivity index (χ0v) is 20.8. The zero-order chi connectivity index (χ0) is 23.2. The summed E-state index contributed by atoms with van der Waals surface area (Å²) in [5.74, 6) is 0.0152. The molecule has 2 aliphatic rings. The van der Waals surface area contributed by atoms with E-state index in [2.05, 4.69) is 71.1 Å². The first-order valence-electron chi connectivity index (χ1n) is 11.0. The van der Waals surface area contributed by atoms with Gasteiger partial charge in [-0.15, -0.1) is 11.8 Å². The van der Waals surface area contributed by atoms with Gasteiger partial charge < -0.3 is 9.80 Å². The van der Waals surface area contributed by atoms with Crippen LogP contribution in [-0.4, -0.2) is 33.0 Å². The summed E-state index contributed by atoms with van der Waals surface area (Å²) >= 11 is 5.49. The van der Waals surface area contributed by atoms with Gasteiger partial charge in [-0.3, -0.25) is 4.79 Å². The van der Waals surface area contributed by atoms with Crippen molar-refractivity contribution in [2.75, 3.05) is 4.90 Å². The Morgan fingerprint density at radius 3 is 2.24 bits per heavy atom. The SMILES string of the molecule is CC1(C)S[C@@H]2C(N(c3ccccc3)C(c3ccccc3)c3ccccc3Br)C(=O)N2C1C#N. The lowest BCUT2D eigenvalue weighted by Crippen LogP contribution is -2.70. The average molecular weight is 518 g/mol. The Morgan fingerprint density at radius 1 is 1.00 bits per heavy atom. The van der Waals surface area contributed by atoms with Crippen LogP contribution in [0.2, 0.25) is 0 Å². The molecule has 1 amide bonds. The standard InChI is InChI=1S/C27H24BrN3OS/c1-27(2)22(17-29)31-25(32)24(26(31)33-27)30(19-13-7-4-8-14-19)23(18-11-5-3-6-12-18)20-15-9-10-16-21(20)28/h3-16,22-24,26H,1-2H3/t22?,23?,24?,26-/m1/s1. The van der Waals surface area contributed by atoms with Gasteiger partial charge in [0.25, 0.3) is 0 Å². The fourth-order valence-corrected chi connectivity index (χ4v) is 7.08. The van der Waals surface area contributed by atoms with Crippen molar-refractivity contribution in [1.82, 2.24) is 4.90 Å². The molecule has 3 unspecified atom stereocenters. The largest absolute Gasteiger partial charge is 0.346 e. The molecule has 4 nitrogen and oxygen atoms in total. The Bertz CT molecular complexity index is 1210. The first-order valence-corrected chi connectivity index (χ1v) is 12.6. The third-order valence-corrected chi connectivity index (χ3v) is 8.76. The monoisotopic (exact) mass is 517 g/mol. The minimum atomic E-state index is -0.424. The van der Waals surface area contributed by atoms with Crippen LogP contribution in [0.5, 0.6) is 0 Å². The van der Waals surface area contributed by atoms with Crippen LogP contribution in [0.25, 0.3) is 0 Å². The highest BCUT2D eigenvalue weighted by atomic mass is 79.9. The molecular formula is C27H24BrN3OS. The molecule has 5 rings (SSSR count). The number of rotatable bonds is 5. The number of hydrogen-bond donors (Lipinski definition) is 0. The van der Waals surface area contributed by atoms with E-state index in [1.54, 1.807) is 16.7 Å². The van der Waals surface area contributed by atoms with Crippen LogP contribution in [0, 0.1) is 11.3 Å². The number of anilines is 1. The van der Waals surface area contributed by atoms with E-state index in [1.807, 2.05) is 54.6 Å². The van der Waals surface area contributed by atoms with E-state index in [1.165, 1.54) is 0 Å². The summed E-state index contributed by atoms with van der Waals surface area (Å²) in [6.45, 7) is 4.12. The predicted molar refractivity (Wildman–Crippen MR) is 137 cm³/mol. The van der Waals surface area contributed by atoms with Crippen molar-refractivity contribution in [3.63, 3.8) is 0 Å². The quantitative estimate of drug-likeness (QED) is 0.389. The number of para-hydroxylation sites is 1. The molecule has 0 saturated carbocycles. The maximum atomic E-state index is 13.7. The number of carbonyl (C=O) groups is 1. The summed E-state index contributed by atoms with van der Waals surface area (Å²) < 4.78 is 0.680. The molecule has 0 spiro atoms. The molecular weight excluding hydrogens is 494 g/mol. The van der Waals surface area contributed by atoms with Gasteiger partial charge in [0, 0.05) is 14.9 Å². The normalized spacial score (nSPS) is 23.9. The number of carbonyl (C=O) groups excluding carboxylic acids is 1. The summed E-state index contributed by atoms with van der Waals surface area (Å²) in [6, 6.07) is 30.1. The Hall–Kier alpha value is -2.75. The molecule has 0 N–H and O–H groups in total. The van der Waals surface area contributed by atoms with Crippen LogP contribution in [-0.2, 0) is 4.79 Å². The van der Waals surface area contributed by atoms with Crippen LogP contribution in [0.4, 0.5) is 5.69 Å². The highest BCUT2D eigenvalue weighted by Gasteiger charge is 2.64. The third kappa shape index (κ3) is 3.64. The minimum absolute atomic E-state index is 0.0152. The predicted octanol–water partition coefficient (Wildman–Crippen LogP) is 6.00. The van der Waals surface area contributed by atoms with Gasteiger partial charge in [0.15, 0.2) is 0 Å². The van der Waals surface area contributed by atoms with E-state index < -0.39 is 6.04 Å². The van der Waals surface area contributed by atoms with Gasteiger partial charge in [-0.25, -0.2) is 0 Å². The van der Waals surface area contributed by atoms with Crippen molar-refractivity contribution < 1.29 is 4.79 Å². The lowest BCUT2D eigenvalue weighted by atomic mass is 9.90. The molecule has 4 atom stereocenters. The van der Waals surface area contributed by atoms with Crippen LogP contribution in [0.3, 0.4) is 0 Å². The summed E-state index contributed by atoms with van der Waals surface area (Å²) in [5.41, 5.74) is 3.19. The van der Waals surface area contributed by atoms with Crippen molar-refractivity contribution in [1.29, 1.82) is 5.26 Å². The second kappa shape index (κ2) is 8.55. The van der Waals surface area contributed by atoms with E-state index in [0.717, 1.165) is 21.3 Å². The van der Waals surface area contributed by atoms with Crippen molar-refractivity contribution in [3.05, 3.63) is 101 Å². The smallest absolute Gasteiger partial charge is 0.250 e. The lowest BCUT2D eigenvalue weighted by Gasteiger charge is -2.51. The van der Waals surface area contributed by atoms with Crippen LogP contribution in [0.15, 0.2) is 89.4 Å². The number of β-lactam (4-membered cyclic amide) rings is 1. The molecule has 2 fully saturated rings. The molecule has 0 aliphatic carbocycles. The Kier molecular flexibility index (Phi) is 5.72. The molecule has 3 aromatic rings. The Balaban J connectivity index is 1.68. The molecule has 33 heavy (non-hydrogen) atoms. The number of thioether (sulfide) groups is 1. The molecule has 2 heterocycles. The van der Waals surface area contributed by atoms with Crippen molar-refractivity contribution in [3.8, 4) is 6.07 Å². The number of benzene rings is 3. The van der Waals surface area contributed by atoms with Crippen molar-refractivity contribution in [2.45, 2.75) is 42.1 Å². The van der Waals surface area contributed by atoms with Crippen molar-refractivity contribution in [2.24, 2.45) is 0 Å². The average Bonchev–Trinajstić information content (AvgIpc) is 3.07. The number of nitrogens with zero attached hydrogens (tertiary/aromatic N) is 3. The van der Waals surface area contributed by atoms with Crippen molar-refractivity contribution >= 4 is 39.3 Å². The summed E-state index contributed by atoms with van der Waals surface area (Å²) in [7, 11) is 0. The highest BCUT2D eigenvalue weighted by Crippen LogP contribution is 2.54. The molecule has 0 bridgehead atoms. The van der Waals surface area contributed by atoms with Crippen LogP contribution < -0.4 is 4.90 Å². The van der Waals surface area contributed by atoms with E-state index in [0.29, 0.717) is 0 Å². The summed E-state index contributed by atoms with van der Waals surface area (Å²) in [4.78, 5) is 17.7. The fraction of sp³-hybridized carbons (Fsp3) is 0.259. The number of amides is 1. The van der Waals surface area contributed by atoms with Gasteiger partial charge in [-0.1, -0.05) is 82.7 Å². The van der Waals surface area contributed by atoms with Crippen LogP contribution >= 0.6 is 27.7 Å². The number of hydrogen-bond acceptors (Lipinski definition) is 4. The Morgan fingerprint density at radius 2 is 1.61 bits per heavy atom. The topological polar surface area (TPSA) is 47.3 Å².